The molecule has 0 radical (unpaired) electrons. The van der Waals surface area contributed by atoms with Crippen molar-refractivity contribution in [3.8, 4) is 11.5 Å². The van der Waals surface area contributed by atoms with Crippen LogP contribution in [0.5, 0.6) is 0 Å². The van der Waals surface area contributed by atoms with Gasteiger partial charge in [0.05, 0.1) is 18.5 Å². The molecule has 15 heavy (non-hydrogen) atoms. The van der Waals surface area contributed by atoms with E-state index in [2.05, 4.69) is 10.3 Å². The number of rotatable bonds is 3. The van der Waals surface area contributed by atoms with E-state index in [9.17, 15) is 0 Å². The van der Waals surface area contributed by atoms with Gasteiger partial charge in [-0.15, -0.1) is 0 Å². The first kappa shape index (κ1) is 9.98. The number of aromatic nitrogens is 1. The fourth-order valence-corrected chi connectivity index (χ4v) is 1.34. The summed E-state index contributed by atoms with van der Waals surface area (Å²) < 4.78 is 10.9. The monoisotopic (exact) mass is 206 g/mol. The van der Waals surface area contributed by atoms with Crippen LogP contribution in [0.25, 0.3) is 11.5 Å². The summed E-state index contributed by atoms with van der Waals surface area (Å²) in [7, 11) is 1.87. The summed E-state index contributed by atoms with van der Waals surface area (Å²) in [4.78, 5) is 4.19. The Morgan fingerprint density at radius 3 is 2.87 bits per heavy atom. The van der Waals surface area contributed by atoms with Crippen LogP contribution in [0.15, 0.2) is 27.4 Å². The van der Waals surface area contributed by atoms with Crippen LogP contribution < -0.4 is 5.32 Å². The highest BCUT2D eigenvalue weighted by Gasteiger charge is 2.14. The molecule has 4 nitrogen and oxygen atoms in total. The highest BCUT2D eigenvalue weighted by atomic mass is 16.4. The fourth-order valence-electron chi connectivity index (χ4n) is 1.34. The van der Waals surface area contributed by atoms with E-state index in [1.807, 2.05) is 27.0 Å². The highest BCUT2D eigenvalue weighted by molar-refractivity contribution is 5.53. The molecule has 4 heteroatoms. The lowest BCUT2D eigenvalue weighted by Gasteiger charge is -2.03. The summed E-state index contributed by atoms with van der Waals surface area (Å²) in [5, 5.41) is 3.07. The number of nitrogens with one attached hydrogen (secondary N) is 1. The minimum absolute atomic E-state index is 0.106. The Hall–Kier alpha value is -1.55. The molecule has 1 atom stereocenters. The van der Waals surface area contributed by atoms with Gasteiger partial charge in [0, 0.05) is 0 Å². The first-order chi connectivity index (χ1) is 7.22. The molecule has 80 valence electrons. The molecule has 0 saturated carbocycles. The average Bonchev–Trinajstić information content (AvgIpc) is 2.84. The second-order valence-corrected chi connectivity index (χ2v) is 3.51. The average molecular weight is 206 g/mol. The fraction of sp³-hybridized carbons (Fsp3) is 0.364. The molecule has 2 aromatic rings. The Bertz CT molecular complexity index is 445. The topological polar surface area (TPSA) is 51.2 Å². The SMILES string of the molecule is CNC(C)c1ncc(-c2occc2C)o1. The maximum absolute atomic E-state index is 5.59. The van der Waals surface area contributed by atoms with Crippen LogP contribution >= 0.6 is 0 Å². The van der Waals surface area contributed by atoms with Gasteiger partial charge >= 0.3 is 0 Å². The van der Waals surface area contributed by atoms with Crippen LogP contribution in [0, 0.1) is 6.92 Å². The van der Waals surface area contributed by atoms with Crippen molar-refractivity contribution in [3.63, 3.8) is 0 Å². The smallest absolute Gasteiger partial charge is 0.211 e. The predicted octanol–water partition coefficient (Wildman–Crippen LogP) is 2.52. The van der Waals surface area contributed by atoms with E-state index < -0.39 is 0 Å². The number of oxazole rings is 1. The van der Waals surface area contributed by atoms with Crippen LogP contribution in [-0.2, 0) is 0 Å². The molecule has 0 fully saturated rings. The van der Waals surface area contributed by atoms with Gasteiger partial charge in [-0.05, 0) is 32.5 Å². The van der Waals surface area contributed by atoms with Gasteiger partial charge in [0.1, 0.15) is 0 Å². The Morgan fingerprint density at radius 1 is 1.47 bits per heavy atom. The molecule has 0 spiro atoms. The van der Waals surface area contributed by atoms with Crippen molar-refractivity contribution in [2.24, 2.45) is 0 Å². The molecule has 1 unspecified atom stereocenters. The minimum Gasteiger partial charge on any atom is -0.461 e. The van der Waals surface area contributed by atoms with Crippen LogP contribution in [0.1, 0.15) is 24.4 Å². The second kappa shape index (κ2) is 3.90. The van der Waals surface area contributed by atoms with Crippen molar-refractivity contribution >= 4 is 0 Å². The summed E-state index contributed by atoms with van der Waals surface area (Å²) in [5.74, 6) is 2.09. The van der Waals surface area contributed by atoms with E-state index >= 15 is 0 Å². The first-order valence-electron chi connectivity index (χ1n) is 4.90. The van der Waals surface area contributed by atoms with E-state index in [1.54, 1.807) is 12.5 Å². The lowest BCUT2D eigenvalue weighted by molar-refractivity contribution is 0.431. The van der Waals surface area contributed by atoms with E-state index in [0.29, 0.717) is 11.7 Å². The molecule has 0 saturated heterocycles. The van der Waals surface area contributed by atoms with Gasteiger partial charge in [0.2, 0.25) is 5.89 Å². The molecule has 2 aromatic heterocycles. The number of hydrogen-bond acceptors (Lipinski definition) is 4. The number of nitrogens with zero attached hydrogens (tertiary/aromatic N) is 1. The van der Waals surface area contributed by atoms with E-state index in [-0.39, 0.29) is 6.04 Å². The van der Waals surface area contributed by atoms with Crippen molar-refractivity contribution in [2.75, 3.05) is 7.05 Å². The zero-order valence-electron chi connectivity index (χ0n) is 9.07. The molecular formula is C11H14N2O2. The van der Waals surface area contributed by atoms with Gasteiger partial charge in [-0.25, -0.2) is 4.98 Å². The van der Waals surface area contributed by atoms with Gasteiger partial charge in [0.15, 0.2) is 11.5 Å². The third kappa shape index (κ3) is 1.80. The number of aryl methyl sites for hydroxylation is 1. The molecule has 0 bridgehead atoms. The Labute approximate surface area is 88.3 Å². The number of furan rings is 1. The molecule has 2 heterocycles. The van der Waals surface area contributed by atoms with Crippen LogP contribution in [-0.4, -0.2) is 12.0 Å². The number of hydrogen-bond donors (Lipinski definition) is 1. The lowest BCUT2D eigenvalue weighted by atomic mass is 10.2. The molecule has 0 aromatic carbocycles. The van der Waals surface area contributed by atoms with Gasteiger partial charge in [-0.1, -0.05) is 0 Å². The Morgan fingerprint density at radius 2 is 2.27 bits per heavy atom. The van der Waals surface area contributed by atoms with Crippen molar-refractivity contribution in [2.45, 2.75) is 19.9 Å². The zero-order valence-corrected chi connectivity index (χ0v) is 9.07. The maximum atomic E-state index is 5.59. The Kier molecular flexibility index (Phi) is 2.60. The lowest BCUT2D eigenvalue weighted by Crippen LogP contribution is -2.12. The van der Waals surface area contributed by atoms with Crippen LogP contribution in [0.4, 0.5) is 0 Å². The van der Waals surface area contributed by atoms with Gasteiger partial charge in [0.25, 0.3) is 0 Å². The van der Waals surface area contributed by atoms with Gasteiger partial charge < -0.3 is 14.2 Å². The maximum Gasteiger partial charge on any atom is 0.211 e. The first-order valence-corrected chi connectivity index (χ1v) is 4.90. The quantitative estimate of drug-likeness (QED) is 0.838. The van der Waals surface area contributed by atoms with E-state index in [4.69, 9.17) is 8.83 Å². The molecule has 0 amide bonds. The molecule has 0 aliphatic rings. The summed E-state index contributed by atoms with van der Waals surface area (Å²) >= 11 is 0. The summed E-state index contributed by atoms with van der Waals surface area (Å²) in [6, 6.07) is 2.01. The van der Waals surface area contributed by atoms with Crippen molar-refractivity contribution in [1.82, 2.24) is 10.3 Å². The third-order valence-electron chi connectivity index (χ3n) is 2.41. The van der Waals surface area contributed by atoms with Gasteiger partial charge in [-0.2, -0.15) is 0 Å². The predicted molar refractivity (Wildman–Crippen MR) is 56.4 cm³/mol. The summed E-state index contributed by atoms with van der Waals surface area (Å²) in [5.41, 5.74) is 1.05. The normalized spacial score (nSPS) is 13.0. The highest BCUT2D eigenvalue weighted by Crippen LogP contribution is 2.26. The minimum atomic E-state index is 0.106. The summed E-state index contributed by atoms with van der Waals surface area (Å²) in [6.07, 6.45) is 3.34. The standard InChI is InChI=1S/C11H14N2O2/c1-7-4-5-14-10(7)9-6-13-11(15-9)8(2)12-3/h4-6,8,12H,1-3H3. The molecule has 0 aliphatic heterocycles. The molecule has 2 rings (SSSR count). The molecular weight excluding hydrogens is 192 g/mol. The van der Waals surface area contributed by atoms with E-state index in [0.717, 1.165) is 11.3 Å². The third-order valence-corrected chi connectivity index (χ3v) is 2.41. The molecule has 1 N–H and O–H groups in total. The van der Waals surface area contributed by atoms with Crippen LogP contribution in [0.3, 0.4) is 0 Å². The van der Waals surface area contributed by atoms with Gasteiger partial charge in [-0.3, -0.25) is 0 Å². The van der Waals surface area contributed by atoms with Crippen LogP contribution in [0.2, 0.25) is 0 Å². The summed E-state index contributed by atoms with van der Waals surface area (Å²) in [6.45, 7) is 3.97. The van der Waals surface area contributed by atoms with Crippen molar-refractivity contribution in [1.29, 1.82) is 0 Å². The van der Waals surface area contributed by atoms with Crippen molar-refractivity contribution in [3.05, 3.63) is 30.0 Å². The van der Waals surface area contributed by atoms with Crippen molar-refractivity contribution < 1.29 is 8.83 Å². The second-order valence-electron chi connectivity index (χ2n) is 3.51. The Balaban J connectivity index is 2.32. The largest absolute Gasteiger partial charge is 0.461 e. The molecule has 0 aliphatic carbocycles. The zero-order chi connectivity index (χ0) is 10.8. The van der Waals surface area contributed by atoms with E-state index in [1.165, 1.54) is 0 Å².